The Balaban J connectivity index is 2.51. The van der Waals surface area contributed by atoms with Crippen molar-refractivity contribution in [2.45, 2.75) is 45.8 Å². The largest absolute Gasteiger partial charge is 0.454 e. The second-order valence-electron chi connectivity index (χ2n) is 6.34. The number of rotatable bonds is 4. The zero-order chi connectivity index (χ0) is 15.6. The first-order chi connectivity index (χ1) is 9.83. The van der Waals surface area contributed by atoms with E-state index in [1.165, 1.54) is 0 Å². The molecule has 0 radical (unpaired) electrons. The van der Waals surface area contributed by atoms with Gasteiger partial charge in [-0.2, -0.15) is 0 Å². The molecule has 0 aromatic heterocycles. The monoisotopic (exact) mass is 285 g/mol. The van der Waals surface area contributed by atoms with Crippen LogP contribution in [-0.4, -0.2) is 23.3 Å². The highest BCUT2D eigenvalue weighted by Gasteiger charge is 2.43. The Bertz CT molecular complexity index is 574. The number of aliphatic imine (C=N–C) groups is 1. The van der Waals surface area contributed by atoms with Crippen LogP contribution in [0.3, 0.4) is 0 Å². The summed E-state index contributed by atoms with van der Waals surface area (Å²) in [5, 5.41) is 0. The number of nitrogens with zero attached hydrogens (tertiary/aromatic N) is 1. The molecular formula is C18H23NO2. The molecule has 0 spiro atoms. The van der Waals surface area contributed by atoms with Crippen molar-refractivity contribution in [3.05, 3.63) is 48.0 Å². The second kappa shape index (κ2) is 5.84. The summed E-state index contributed by atoms with van der Waals surface area (Å²) in [6.45, 7) is 11.7. The fourth-order valence-electron chi connectivity index (χ4n) is 2.66. The van der Waals surface area contributed by atoms with E-state index in [1.807, 2.05) is 58.0 Å². The van der Waals surface area contributed by atoms with Gasteiger partial charge in [0.15, 0.2) is 5.54 Å². The van der Waals surface area contributed by atoms with Crippen LogP contribution in [0.4, 0.5) is 0 Å². The van der Waals surface area contributed by atoms with Crippen molar-refractivity contribution < 1.29 is 9.53 Å². The molecule has 2 atom stereocenters. The Labute approximate surface area is 126 Å². The minimum atomic E-state index is -0.873. The molecular weight excluding hydrogens is 262 g/mol. The van der Waals surface area contributed by atoms with Crippen molar-refractivity contribution in [1.29, 1.82) is 0 Å². The Kier molecular flexibility index (Phi) is 4.31. The molecule has 1 aromatic carbocycles. The summed E-state index contributed by atoms with van der Waals surface area (Å²) in [6, 6.07) is 9.93. The normalized spacial score (nSPS) is 25.5. The highest BCUT2D eigenvalue weighted by Crippen LogP contribution is 2.31. The zero-order valence-corrected chi connectivity index (χ0v) is 13.2. The van der Waals surface area contributed by atoms with E-state index in [0.717, 1.165) is 16.8 Å². The number of esters is 1. The van der Waals surface area contributed by atoms with Gasteiger partial charge in [0.2, 0.25) is 0 Å². The minimum absolute atomic E-state index is 0.183. The van der Waals surface area contributed by atoms with Gasteiger partial charge in [0, 0.05) is 6.42 Å². The molecule has 1 aromatic rings. The van der Waals surface area contributed by atoms with Gasteiger partial charge in [-0.3, -0.25) is 4.99 Å². The topological polar surface area (TPSA) is 38.7 Å². The third-order valence-electron chi connectivity index (χ3n) is 3.63. The van der Waals surface area contributed by atoms with Gasteiger partial charge in [0.25, 0.3) is 0 Å². The summed E-state index contributed by atoms with van der Waals surface area (Å²) in [5.41, 5.74) is 1.92. The molecule has 1 aliphatic heterocycles. The van der Waals surface area contributed by atoms with Crippen LogP contribution in [0.5, 0.6) is 0 Å². The summed E-state index contributed by atoms with van der Waals surface area (Å²) in [4.78, 5) is 17.2. The maximum absolute atomic E-state index is 12.4. The average molecular weight is 285 g/mol. The van der Waals surface area contributed by atoms with Crippen LogP contribution in [0.2, 0.25) is 0 Å². The molecule has 0 saturated carbocycles. The van der Waals surface area contributed by atoms with E-state index in [2.05, 4.69) is 6.58 Å². The Hall–Kier alpha value is -1.90. The van der Waals surface area contributed by atoms with E-state index in [4.69, 9.17) is 9.73 Å². The van der Waals surface area contributed by atoms with Gasteiger partial charge in [-0.15, -0.1) is 6.58 Å². The molecule has 1 aliphatic rings. The van der Waals surface area contributed by atoms with Crippen LogP contribution in [0.15, 0.2) is 47.5 Å². The second-order valence-corrected chi connectivity index (χ2v) is 6.34. The lowest BCUT2D eigenvalue weighted by Gasteiger charge is -2.35. The van der Waals surface area contributed by atoms with E-state index in [-0.39, 0.29) is 18.0 Å². The predicted octanol–water partition coefficient (Wildman–Crippen LogP) is 3.78. The number of ether oxygens (including phenoxy) is 1. The number of hydrogen-bond donors (Lipinski definition) is 0. The van der Waals surface area contributed by atoms with Gasteiger partial charge < -0.3 is 4.74 Å². The number of hydrogen-bond acceptors (Lipinski definition) is 3. The predicted molar refractivity (Wildman–Crippen MR) is 85.5 cm³/mol. The fraction of sp³-hybridized carbons (Fsp3) is 0.444. The van der Waals surface area contributed by atoms with Crippen molar-refractivity contribution in [2.24, 2.45) is 10.9 Å². The molecule has 0 unspecified atom stereocenters. The summed E-state index contributed by atoms with van der Waals surface area (Å²) in [6.07, 6.45) is 0.213. The van der Waals surface area contributed by atoms with E-state index < -0.39 is 5.54 Å². The minimum Gasteiger partial charge on any atom is -0.454 e. The quantitative estimate of drug-likeness (QED) is 0.623. The van der Waals surface area contributed by atoms with Crippen LogP contribution in [0.25, 0.3) is 0 Å². The summed E-state index contributed by atoms with van der Waals surface area (Å²) < 4.78 is 5.72. The molecule has 112 valence electrons. The van der Waals surface area contributed by atoms with E-state index in [9.17, 15) is 4.79 Å². The fourth-order valence-corrected chi connectivity index (χ4v) is 2.66. The lowest BCUT2D eigenvalue weighted by Crippen LogP contribution is -2.48. The number of cyclic esters (lactones) is 1. The first-order valence-corrected chi connectivity index (χ1v) is 7.34. The zero-order valence-electron chi connectivity index (χ0n) is 13.2. The van der Waals surface area contributed by atoms with Crippen molar-refractivity contribution in [1.82, 2.24) is 0 Å². The van der Waals surface area contributed by atoms with E-state index >= 15 is 0 Å². The first-order valence-electron chi connectivity index (χ1n) is 7.34. The van der Waals surface area contributed by atoms with Crippen molar-refractivity contribution in [2.75, 3.05) is 0 Å². The van der Waals surface area contributed by atoms with Crippen LogP contribution in [0.1, 0.15) is 39.7 Å². The molecule has 0 N–H and O–H groups in total. The number of carbonyl (C=O) groups is 1. The third-order valence-corrected chi connectivity index (χ3v) is 3.63. The third kappa shape index (κ3) is 3.23. The maximum Gasteiger partial charge on any atom is 0.334 e. The Morgan fingerprint density at radius 2 is 2.00 bits per heavy atom. The molecule has 3 nitrogen and oxygen atoms in total. The van der Waals surface area contributed by atoms with Gasteiger partial charge in [0.1, 0.15) is 6.10 Å². The Morgan fingerprint density at radius 3 is 2.52 bits per heavy atom. The number of benzene rings is 1. The molecule has 0 saturated heterocycles. The standard InChI is InChI=1S/C18H23NO2/c1-12(2)11-18(5)17(20)21-16(13(3)4)15(19-18)14-9-7-6-8-10-14/h6-10,13,16H,1,11H2,2-5H3/t16-,18+/m1/s1. The molecule has 3 heteroatoms. The average Bonchev–Trinajstić information content (AvgIpc) is 2.41. The molecule has 1 heterocycles. The highest BCUT2D eigenvalue weighted by molar-refractivity contribution is 6.08. The first kappa shape index (κ1) is 15.5. The van der Waals surface area contributed by atoms with Gasteiger partial charge in [-0.25, -0.2) is 4.79 Å². The van der Waals surface area contributed by atoms with Gasteiger partial charge in [-0.1, -0.05) is 49.8 Å². The van der Waals surface area contributed by atoms with Crippen LogP contribution >= 0.6 is 0 Å². The molecule has 0 aliphatic carbocycles. The van der Waals surface area contributed by atoms with Gasteiger partial charge >= 0.3 is 5.97 Å². The van der Waals surface area contributed by atoms with Crippen LogP contribution in [-0.2, 0) is 9.53 Å². The lowest BCUT2D eigenvalue weighted by atomic mass is 9.88. The summed E-state index contributed by atoms with van der Waals surface area (Å²) in [7, 11) is 0. The number of carbonyl (C=O) groups excluding carboxylic acids is 1. The summed E-state index contributed by atoms with van der Waals surface area (Å²) in [5.74, 6) is -0.0776. The van der Waals surface area contributed by atoms with Crippen LogP contribution < -0.4 is 0 Å². The van der Waals surface area contributed by atoms with Crippen molar-refractivity contribution >= 4 is 11.7 Å². The summed E-state index contributed by atoms with van der Waals surface area (Å²) >= 11 is 0. The lowest BCUT2D eigenvalue weighted by molar-refractivity contribution is -0.155. The molecule has 2 rings (SSSR count). The van der Waals surface area contributed by atoms with E-state index in [0.29, 0.717) is 6.42 Å². The molecule has 0 bridgehead atoms. The molecule has 0 amide bonds. The van der Waals surface area contributed by atoms with Crippen molar-refractivity contribution in [3.63, 3.8) is 0 Å². The highest BCUT2D eigenvalue weighted by atomic mass is 16.5. The van der Waals surface area contributed by atoms with Crippen LogP contribution in [0, 0.1) is 5.92 Å². The Morgan fingerprint density at radius 1 is 1.38 bits per heavy atom. The SMILES string of the molecule is C=C(C)C[C@]1(C)N=C(c2ccccc2)[C@@H](C(C)C)OC1=O. The maximum atomic E-state index is 12.4. The van der Waals surface area contributed by atoms with Crippen molar-refractivity contribution in [3.8, 4) is 0 Å². The smallest absolute Gasteiger partial charge is 0.334 e. The van der Waals surface area contributed by atoms with Gasteiger partial charge in [-0.05, 0) is 25.3 Å². The van der Waals surface area contributed by atoms with E-state index in [1.54, 1.807) is 0 Å². The molecule has 0 fully saturated rings. The molecule has 21 heavy (non-hydrogen) atoms. The van der Waals surface area contributed by atoms with Gasteiger partial charge in [0.05, 0.1) is 5.71 Å².